The third-order valence-corrected chi connectivity index (χ3v) is 6.44. The molecule has 0 fully saturated rings. The van der Waals surface area contributed by atoms with Crippen molar-refractivity contribution in [1.29, 1.82) is 0 Å². The van der Waals surface area contributed by atoms with Crippen LogP contribution in [0.15, 0.2) is 62.9 Å². The summed E-state index contributed by atoms with van der Waals surface area (Å²) in [7, 11) is 7.25. The quantitative estimate of drug-likeness (QED) is 0.247. The number of fused-ring (bicyclic) bond motifs is 1. The van der Waals surface area contributed by atoms with Crippen LogP contribution in [0, 0.1) is 5.82 Å². The molecule has 0 bridgehead atoms. The van der Waals surface area contributed by atoms with Crippen molar-refractivity contribution in [3.63, 3.8) is 0 Å². The van der Waals surface area contributed by atoms with Crippen LogP contribution in [-0.4, -0.2) is 53.7 Å². The van der Waals surface area contributed by atoms with Gasteiger partial charge in [-0.1, -0.05) is 24.5 Å². The van der Waals surface area contributed by atoms with Crippen LogP contribution in [0.2, 0.25) is 0 Å². The molecule has 0 spiro atoms. The summed E-state index contributed by atoms with van der Waals surface area (Å²) in [6, 6.07) is 12.9. The maximum absolute atomic E-state index is 14.7. The molecule has 0 amide bonds. The second-order valence-electron chi connectivity index (χ2n) is 9.84. The summed E-state index contributed by atoms with van der Waals surface area (Å²) >= 11 is 0. The number of hydrogen-bond acceptors (Lipinski definition) is 6. The minimum atomic E-state index is -0.576. The fraction of sp³-hybridized carbons (Fsp3) is 0.321. The normalized spacial score (nSPS) is 11.3. The van der Waals surface area contributed by atoms with E-state index < -0.39 is 22.6 Å². The van der Waals surface area contributed by atoms with E-state index in [0.29, 0.717) is 24.5 Å². The Bertz CT molecular complexity index is 1690. The maximum Gasteiger partial charge on any atom is 0.337 e. The standard InChI is InChI=1S/C28H33BFN5O4/c1-5-12-34-27(37)25-23(31-22-11-10-18(29)15-21(22)30)17-24(36)33(4)26(25)35(28(34)38)19-8-6-9-20(16-19)39-14-7-13-32(2)3/h6,8-11,15-17,31H,5,7,12-14,29H2,1-4H3. The number of anilines is 2. The Labute approximate surface area is 226 Å². The zero-order valence-corrected chi connectivity index (χ0v) is 23.0. The van der Waals surface area contributed by atoms with Gasteiger partial charge in [0.1, 0.15) is 30.4 Å². The van der Waals surface area contributed by atoms with Crippen molar-refractivity contribution in [3.05, 3.63) is 85.5 Å². The second kappa shape index (κ2) is 11.7. The van der Waals surface area contributed by atoms with Crippen LogP contribution in [-0.2, 0) is 13.6 Å². The van der Waals surface area contributed by atoms with Crippen LogP contribution in [0.3, 0.4) is 0 Å². The monoisotopic (exact) mass is 533 g/mol. The van der Waals surface area contributed by atoms with Crippen LogP contribution in [0.25, 0.3) is 16.7 Å². The lowest BCUT2D eigenvalue weighted by molar-refractivity contribution is 0.281. The first-order valence-corrected chi connectivity index (χ1v) is 12.9. The topological polar surface area (TPSA) is 90.5 Å². The first kappa shape index (κ1) is 27.9. The molecule has 1 N–H and O–H groups in total. The van der Waals surface area contributed by atoms with Crippen LogP contribution in [0.1, 0.15) is 19.8 Å². The van der Waals surface area contributed by atoms with Gasteiger partial charge in [-0.25, -0.2) is 13.8 Å². The number of aryl methyl sites for hydroxylation is 1. The molecule has 2 aromatic carbocycles. The Hall–Kier alpha value is -4.12. The number of benzene rings is 2. The molecule has 9 nitrogen and oxygen atoms in total. The second-order valence-corrected chi connectivity index (χ2v) is 9.84. The molecule has 0 aliphatic carbocycles. The summed E-state index contributed by atoms with van der Waals surface area (Å²) < 4.78 is 24.4. The number of pyridine rings is 1. The van der Waals surface area contributed by atoms with Gasteiger partial charge in [0.05, 0.1) is 23.7 Å². The first-order chi connectivity index (χ1) is 18.6. The Morgan fingerprint density at radius 1 is 1.05 bits per heavy atom. The Morgan fingerprint density at radius 2 is 1.82 bits per heavy atom. The Morgan fingerprint density at radius 3 is 2.51 bits per heavy atom. The van der Waals surface area contributed by atoms with E-state index in [0.717, 1.165) is 23.0 Å². The van der Waals surface area contributed by atoms with Crippen molar-refractivity contribution in [2.75, 3.05) is 32.6 Å². The van der Waals surface area contributed by atoms with Crippen LogP contribution in [0.4, 0.5) is 15.8 Å². The molecule has 0 saturated heterocycles. The molecule has 204 valence electrons. The largest absolute Gasteiger partial charge is 0.493 e. The molecule has 0 unspecified atom stereocenters. The summed E-state index contributed by atoms with van der Waals surface area (Å²) in [5.41, 5.74) is -0.0944. The number of nitrogens with zero attached hydrogens (tertiary/aromatic N) is 4. The van der Waals surface area contributed by atoms with E-state index in [-0.39, 0.29) is 29.0 Å². The third kappa shape index (κ3) is 5.83. The molecule has 0 aliphatic rings. The molecule has 2 aromatic heterocycles. The predicted octanol–water partition coefficient (Wildman–Crippen LogP) is 1.73. The highest BCUT2D eigenvalue weighted by molar-refractivity contribution is 6.32. The van der Waals surface area contributed by atoms with E-state index in [1.807, 2.05) is 21.0 Å². The number of nitrogens with one attached hydrogen (secondary N) is 1. The Balaban J connectivity index is 1.95. The molecule has 0 radical (unpaired) electrons. The smallest absolute Gasteiger partial charge is 0.337 e. The van der Waals surface area contributed by atoms with Crippen LogP contribution in [0.5, 0.6) is 5.75 Å². The summed E-state index contributed by atoms with van der Waals surface area (Å²) in [4.78, 5) is 42.6. The molecule has 4 rings (SSSR count). The summed E-state index contributed by atoms with van der Waals surface area (Å²) in [5.74, 6) is 0.0331. The zero-order chi connectivity index (χ0) is 28.3. The summed E-state index contributed by atoms with van der Waals surface area (Å²) in [6.07, 6.45) is 1.36. The maximum atomic E-state index is 14.7. The van der Waals surface area contributed by atoms with Gasteiger partial charge in [-0.2, -0.15) is 0 Å². The third-order valence-electron chi connectivity index (χ3n) is 6.44. The minimum absolute atomic E-state index is 0.0995. The summed E-state index contributed by atoms with van der Waals surface area (Å²) in [6.45, 7) is 3.40. The van der Waals surface area contributed by atoms with Gasteiger partial charge in [0.15, 0.2) is 0 Å². The number of hydrogen-bond donors (Lipinski definition) is 1. The average molecular weight is 533 g/mol. The first-order valence-electron chi connectivity index (χ1n) is 12.9. The van der Waals surface area contributed by atoms with Gasteiger partial charge in [-0.15, -0.1) is 0 Å². The lowest BCUT2D eigenvalue weighted by atomic mass is 9.96. The predicted molar refractivity (Wildman–Crippen MR) is 156 cm³/mol. The molecule has 2 heterocycles. The van der Waals surface area contributed by atoms with Crippen LogP contribution >= 0.6 is 0 Å². The molecular weight excluding hydrogens is 500 g/mol. The van der Waals surface area contributed by atoms with Crippen molar-refractivity contribution in [3.8, 4) is 11.4 Å². The molecule has 0 atom stereocenters. The van der Waals surface area contributed by atoms with Gasteiger partial charge in [0, 0.05) is 32.3 Å². The van der Waals surface area contributed by atoms with E-state index in [1.165, 1.54) is 28.3 Å². The van der Waals surface area contributed by atoms with Crippen molar-refractivity contribution in [1.82, 2.24) is 18.6 Å². The molecule has 0 saturated carbocycles. The van der Waals surface area contributed by atoms with Crippen molar-refractivity contribution < 1.29 is 9.13 Å². The summed E-state index contributed by atoms with van der Waals surface area (Å²) in [5, 5.41) is 3.03. The van der Waals surface area contributed by atoms with E-state index in [1.54, 1.807) is 44.2 Å². The zero-order valence-electron chi connectivity index (χ0n) is 23.0. The fourth-order valence-corrected chi connectivity index (χ4v) is 4.49. The lowest BCUT2D eigenvalue weighted by Gasteiger charge is -2.19. The van der Waals surface area contributed by atoms with Crippen molar-refractivity contribution >= 4 is 35.7 Å². The van der Waals surface area contributed by atoms with Gasteiger partial charge in [-0.3, -0.25) is 18.7 Å². The Kier molecular flexibility index (Phi) is 8.40. The molecule has 11 heteroatoms. The highest BCUT2D eigenvalue weighted by atomic mass is 19.1. The van der Waals surface area contributed by atoms with Gasteiger partial charge >= 0.3 is 5.69 Å². The highest BCUT2D eigenvalue weighted by Gasteiger charge is 2.21. The average Bonchev–Trinajstić information content (AvgIpc) is 2.89. The fourth-order valence-electron chi connectivity index (χ4n) is 4.49. The van der Waals surface area contributed by atoms with Gasteiger partial charge in [-0.05, 0) is 51.2 Å². The molecule has 4 aromatic rings. The van der Waals surface area contributed by atoms with Crippen molar-refractivity contribution in [2.24, 2.45) is 7.05 Å². The number of halogens is 1. The molecule has 39 heavy (non-hydrogen) atoms. The number of rotatable bonds is 10. The van der Waals surface area contributed by atoms with E-state index >= 15 is 0 Å². The van der Waals surface area contributed by atoms with Gasteiger partial charge < -0.3 is 15.0 Å². The number of ether oxygens (including phenoxy) is 1. The SMILES string of the molecule is Bc1ccc(Nc2cc(=O)n(C)c3c2c(=O)n(CCC)c(=O)n3-c2cccc(OCCCN(C)C)c2)c(F)c1. The highest BCUT2D eigenvalue weighted by Crippen LogP contribution is 2.25. The minimum Gasteiger partial charge on any atom is -0.493 e. The van der Waals surface area contributed by atoms with E-state index in [2.05, 4.69) is 10.2 Å². The number of aromatic nitrogens is 3. The molecular formula is C28H33BFN5O4. The molecule has 0 aliphatic heterocycles. The van der Waals surface area contributed by atoms with Gasteiger partial charge in [0.25, 0.3) is 11.1 Å². The van der Waals surface area contributed by atoms with E-state index in [4.69, 9.17) is 4.74 Å². The van der Waals surface area contributed by atoms with Gasteiger partial charge in [0.2, 0.25) is 0 Å². The van der Waals surface area contributed by atoms with Crippen LogP contribution < -0.4 is 32.3 Å². The van der Waals surface area contributed by atoms with Crippen molar-refractivity contribution in [2.45, 2.75) is 26.3 Å². The van der Waals surface area contributed by atoms with E-state index in [9.17, 15) is 18.8 Å². The lowest BCUT2D eigenvalue weighted by Crippen LogP contribution is -2.41.